The van der Waals surface area contributed by atoms with E-state index in [0.717, 1.165) is 16.6 Å². The highest BCUT2D eigenvalue weighted by molar-refractivity contribution is 5.81. The molecule has 0 aliphatic rings. The molecule has 0 atom stereocenters. The smallest absolute Gasteiger partial charge is 0.326 e. The number of nitrogens with zero attached hydrogens (tertiary/aromatic N) is 1. The van der Waals surface area contributed by atoms with E-state index < -0.39 is 0 Å². The number of ether oxygens (including phenoxy) is 1. The average molecular weight is 254 g/mol. The minimum absolute atomic E-state index is 0.134. The summed E-state index contributed by atoms with van der Waals surface area (Å²) in [5.41, 5.74) is 2.55. The molecule has 0 aliphatic heterocycles. The van der Waals surface area contributed by atoms with Crippen LogP contribution in [0, 0.1) is 0 Å². The van der Waals surface area contributed by atoms with Crippen molar-refractivity contribution in [3.8, 4) is 5.75 Å². The molecule has 0 saturated carbocycles. The molecule has 0 aliphatic carbocycles. The van der Waals surface area contributed by atoms with Gasteiger partial charge in [-0.25, -0.2) is 4.79 Å². The Balaban J connectivity index is 1.95. The first-order valence-corrected chi connectivity index (χ1v) is 6.10. The summed E-state index contributed by atoms with van der Waals surface area (Å²) in [5, 5.41) is 0. The highest BCUT2D eigenvalue weighted by atomic mass is 16.5. The SMILES string of the molecule is Cn1c(=O)[nH]c2cccc(OCc3ccccc3)c21. The van der Waals surface area contributed by atoms with E-state index in [4.69, 9.17) is 4.74 Å². The number of hydrogen-bond donors (Lipinski definition) is 1. The second kappa shape index (κ2) is 4.65. The first-order valence-electron chi connectivity index (χ1n) is 6.10. The highest BCUT2D eigenvalue weighted by Gasteiger charge is 2.08. The normalized spacial score (nSPS) is 10.8. The van der Waals surface area contributed by atoms with E-state index in [-0.39, 0.29) is 5.69 Å². The lowest BCUT2D eigenvalue weighted by atomic mass is 10.2. The van der Waals surface area contributed by atoms with Gasteiger partial charge < -0.3 is 9.72 Å². The molecule has 0 amide bonds. The lowest BCUT2D eigenvalue weighted by molar-refractivity contribution is 0.309. The molecule has 3 rings (SSSR count). The van der Waals surface area contributed by atoms with Crippen molar-refractivity contribution in [1.82, 2.24) is 9.55 Å². The van der Waals surface area contributed by atoms with Gasteiger partial charge in [0.2, 0.25) is 0 Å². The van der Waals surface area contributed by atoms with Gasteiger partial charge in [-0.05, 0) is 17.7 Å². The molecule has 1 aromatic heterocycles. The fourth-order valence-electron chi connectivity index (χ4n) is 2.12. The van der Waals surface area contributed by atoms with Gasteiger partial charge in [0.25, 0.3) is 0 Å². The third-order valence-electron chi connectivity index (χ3n) is 3.12. The lowest BCUT2D eigenvalue weighted by Crippen LogP contribution is -2.12. The third-order valence-corrected chi connectivity index (χ3v) is 3.12. The van der Waals surface area contributed by atoms with Gasteiger partial charge in [-0.3, -0.25) is 4.57 Å². The van der Waals surface area contributed by atoms with Crippen molar-refractivity contribution in [3.05, 3.63) is 64.6 Å². The van der Waals surface area contributed by atoms with Crippen LogP contribution < -0.4 is 10.4 Å². The molecule has 1 N–H and O–H groups in total. The zero-order valence-electron chi connectivity index (χ0n) is 10.6. The molecule has 3 aromatic rings. The Bertz CT molecular complexity index is 757. The van der Waals surface area contributed by atoms with Crippen LogP contribution in [0.5, 0.6) is 5.75 Å². The Labute approximate surface area is 110 Å². The van der Waals surface area contributed by atoms with Crippen molar-refractivity contribution >= 4 is 11.0 Å². The zero-order chi connectivity index (χ0) is 13.2. The maximum atomic E-state index is 11.6. The van der Waals surface area contributed by atoms with E-state index in [1.807, 2.05) is 48.5 Å². The van der Waals surface area contributed by atoms with E-state index in [1.54, 1.807) is 11.6 Å². The molecule has 4 nitrogen and oxygen atoms in total. The van der Waals surface area contributed by atoms with Crippen molar-refractivity contribution in [1.29, 1.82) is 0 Å². The summed E-state index contributed by atoms with van der Waals surface area (Å²) in [5.74, 6) is 0.710. The maximum Gasteiger partial charge on any atom is 0.326 e. The van der Waals surface area contributed by atoms with E-state index in [0.29, 0.717) is 12.4 Å². The lowest BCUT2D eigenvalue weighted by Gasteiger charge is -2.08. The van der Waals surface area contributed by atoms with Crippen LogP contribution in [0.15, 0.2) is 53.3 Å². The van der Waals surface area contributed by atoms with Crippen molar-refractivity contribution in [2.45, 2.75) is 6.61 Å². The number of aromatic nitrogens is 2. The Kier molecular flexibility index (Phi) is 2.83. The summed E-state index contributed by atoms with van der Waals surface area (Å²) in [4.78, 5) is 14.4. The number of fused-ring (bicyclic) bond motifs is 1. The van der Waals surface area contributed by atoms with E-state index in [9.17, 15) is 4.79 Å². The summed E-state index contributed by atoms with van der Waals surface area (Å²) >= 11 is 0. The summed E-state index contributed by atoms with van der Waals surface area (Å²) in [6, 6.07) is 15.6. The predicted molar refractivity (Wildman–Crippen MR) is 74.3 cm³/mol. The van der Waals surface area contributed by atoms with E-state index in [2.05, 4.69) is 4.98 Å². The standard InChI is InChI=1S/C15H14N2O2/c1-17-14-12(16-15(17)18)8-5-9-13(14)19-10-11-6-3-2-4-7-11/h2-9H,10H2,1H3,(H,16,18). The number of H-pyrrole nitrogens is 1. The van der Waals surface area contributed by atoms with Gasteiger partial charge in [0.05, 0.1) is 5.52 Å². The molecule has 0 fully saturated rings. The second-order valence-electron chi connectivity index (χ2n) is 4.42. The summed E-state index contributed by atoms with van der Waals surface area (Å²) in [6.45, 7) is 0.485. The predicted octanol–water partition coefficient (Wildman–Crippen LogP) is 2.45. The number of imidazole rings is 1. The van der Waals surface area contributed by atoms with Gasteiger partial charge in [0.15, 0.2) is 0 Å². The fourth-order valence-corrected chi connectivity index (χ4v) is 2.12. The molecule has 96 valence electrons. The molecule has 0 unspecified atom stereocenters. The molecular formula is C15H14N2O2. The van der Waals surface area contributed by atoms with E-state index >= 15 is 0 Å². The Morgan fingerprint density at radius 2 is 1.89 bits per heavy atom. The second-order valence-corrected chi connectivity index (χ2v) is 4.42. The van der Waals surface area contributed by atoms with Crippen LogP contribution in [-0.2, 0) is 13.7 Å². The molecule has 19 heavy (non-hydrogen) atoms. The molecule has 0 radical (unpaired) electrons. The van der Waals surface area contributed by atoms with Crippen LogP contribution in [0.2, 0.25) is 0 Å². The Hall–Kier alpha value is -2.49. The number of para-hydroxylation sites is 1. The largest absolute Gasteiger partial charge is 0.487 e. The summed E-state index contributed by atoms with van der Waals surface area (Å²) in [7, 11) is 1.73. The Morgan fingerprint density at radius 3 is 2.68 bits per heavy atom. The number of aromatic amines is 1. The van der Waals surface area contributed by atoms with Crippen LogP contribution in [-0.4, -0.2) is 9.55 Å². The van der Waals surface area contributed by atoms with Gasteiger partial charge in [0.1, 0.15) is 17.9 Å². The summed E-state index contributed by atoms with van der Waals surface area (Å²) in [6.07, 6.45) is 0. The monoisotopic (exact) mass is 254 g/mol. The molecule has 0 bridgehead atoms. The van der Waals surface area contributed by atoms with Crippen LogP contribution in [0.3, 0.4) is 0 Å². The van der Waals surface area contributed by atoms with Gasteiger partial charge in [0, 0.05) is 7.05 Å². The number of benzene rings is 2. The zero-order valence-corrected chi connectivity index (χ0v) is 10.6. The fraction of sp³-hybridized carbons (Fsp3) is 0.133. The maximum absolute atomic E-state index is 11.6. The highest BCUT2D eigenvalue weighted by Crippen LogP contribution is 2.23. The number of aryl methyl sites for hydroxylation is 1. The molecule has 2 aromatic carbocycles. The first kappa shape index (κ1) is 11.6. The topological polar surface area (TPSA) is 47.0 Å². The summed E-state index contributed by atoms with van der Waals surface area (Å²) < 4.78 is 7.38. The number of rotatable bonds is 3. The quantitative estimate of drug-likeness (QED) is 0.780. The van der Waals surface area contributed by atoms with Gasteiger partial charge >= 0.3 is 5.69 Å². The van der Waals surface area contributed by atoms with Crippen LogP contribution in [0.4, 0.5) is 0 Å². The van der Waals surface area contributed by atoms with Crippen LogP contribution in [0.1, 0.15) is 5.56 Å². The average Bonchev–Trinajstić information content (AvgIpc) is 2.74. The van der Waals surface area contributed by atoms with Crippen molar-refractivity contribution in [2.75, 3.05) is 0 Å². The van der Waals surface area contributed by atoms with E-state index in [1.165, 1.54) is 0 Å². The van der Waals surface area contributed by atoms with Crippen LogP contribution in [0.25, 0.3) is 11.0 Å². The molecular weight excluding hydrogens is 240 g/mol. The number of hydrogen-bond acceptors (Lipinski definition) is 2. The van der Waals surface area contributed by atoms with Gasteiger partial charge in [-0.1, -0.05) is 36.4 Å². The van der Waals surface area contributed by atoms with Crippen molar-refractivity contribution < 1.29 is 4.74 Å². The minimum Gasteiger partial charge on any atom is -0.487 e. The molecule has 4 heteroatoms. The van der Waals surface area contributed by atoms with Gasteiger partial charge in [-0.15, -0.1) is 0 Å². The molecule has 1 heterocycles. The third kappa shape index (κ3) is 2.12. The molecule has 0 saturated heterocycles. The van der Waals surface area contributed by atoms with Crippen molar-refractivity contribution in [2.24, 2.45) is 7.05 Å². The first-order chi connectivity index (χ1) is 9.25. The number of nitrogens with one attached hydrogen (secondary N) is 1. The van der Waals surface area contributed by atoms with Crippen molar-refractivity contribution in [3.63, 3.8) is 0 Å². The van der Waals surface area contributed by atoms with Crippen LogP contribution >= 0.6 is 0 Å². The minimum atomic E-state index is -0.134. The Morgan fingerprint density at radius 1 is 1.11 bits per heavy atom. The van der Waals surface area contributed by atoms with Gasteiger partial charge in [-0.2, -0.15) is 0 Å². The molecule has 0 spiro atoms.